The van der Waals surface area contributed by atoms with E-state index in [4.69, 9.17) is 9.15 Å². The summed E-state index contributed by atoms with van der Waals surface area (Å²) in [5.41, 5.74) is 5.91. The first-order valence-corrected chi connectivity index (χ1v) is 8.74. The monoisotopic (exact) mass is 393 g/mol. The average molecular weight is 393 g/mol. The molecular formula is C21H16FN3O4. The third kappa shape index (κ3) is 4.11. The Morgan fingerprint density at radius 1 is 0.966 bits per heavy atom. The van der Waals surface area contributed by atoms with Crippen molar-refractivity contribution in [3.8, 4) is 5.75 Å². The lowest BCUT2D eigenvalue weighted by atomic mass is 10.2. The normalized spacial score (nSPS) is 10.7. The maximum Gasteiger partial charge on any atom is 0.305 e. The van der Waals surface area contributed by atoms with E-state index < -0.39 is 11.8 Å². The summed E-state index contributed by atoms with van der Waals surface area (Å²) in [5.74, 6) is -0.526. The predicted octanol–water partition coefficient (Wildman–Crippen LogP) is 3.55. The van der Waals surface area contributed by atoms with Gasteiger partial charge in [0.25, 0.3) is 5.91 Å². The molecule has 7 nitrogen and oxygen atoms in total. The molecule has 0 saturated heterocycles. The van der Waals surface area contributed by atoms with Gasteiger partial charge >= 0.3 is 5.91 Å². The second-order valence-corrected chi connectivity index (χ2v) is 6.16. The number of hydrogen-bond acceptors (Lipinski definition) is 4. The SMILES string of the molecule is O=C(NNC(=O)c1c[nH]c2ccccc12)c1ccc(COc2ccc(F)cc2)o1. The van der Waals surface area contributed by atoms with E-state index in [-0.39, 0.29) is 18.2 Å². The van der Waals surface area contributed by atoms with Crippen molar-refractivity contribution in [3.05, 3.63) is 89.8 Å². The van der Waals surface area contributed by atoms with Crippen LogP contribution in [0.15, 0.2) is 71.3 Å². The number of nitrogens with one attached hydrogen (secondary N) is 3. The summed E-state index contributed by atoms with van der Waals surface area (Å²) in [5, 5.41) is 0.748. The van der Waals surface area contributed by atoms with Gasteiger partial charge in [-0.15, -0.1) is 0 Å². The van der Waals surface area contributed by atoms with Gasteiger partial charge in [-0.05, 0) is 42.5 Å². The van der Waals surface area contributed by atoms with Crippen molar-refractivity contribution in [2.75, 3.05) is 0 Å². The molecule has 0 atom stereocenters. The highest BCUT2D eigenvalue weighted by Crippen LogP contribution is 2.17. The molecule has 29 heavy (non-hydrogen) atoms. The van der Waals surface area contributed by atoms with Gasteiger partial charge in [0.1, 0.15) is 23.9 Å². The molecule has 0 aliphatic carbocycles. The first-order valence-electron chi connectivity index (χ1n) is 8.74. The lowest BCUT2D eigenvalue weighted by molar-refractivity contribution is 0.0829. The molecule has 0 aliphatic rings. The minimum absolute atomic E-state index is 0.0157. The van der Waals surface area contributed by atoms with Crippen molar-refractivity contribution in [2.45, 2.75) is 6.61 Å². The Hall–Kier alpha value is -4.07. The van der Waals surface area contributed by atoms with Crippen molar-refractivity contribution in [2.24, 2.45) is 0 Å². The number of aromatic amines is 1. The number of carbonyl (C=O) groups excluding carboxylic acids is 2. The van der Waals surface area contributed by atoms with Crippen LogP contribution in [0.4, 0.5) is 4.39 Å². The summed E-state index contributed by atoms with van der Waals surface area (Å²) in [6.45, 7) is 0.0701. The number of fused-ring (bicyclic) bond motifs is 1. The first-order chi connectivity index (χ1) is 14.1. The third-order valence-electron chi connectivity index (χ3n) is 4.20. The molecule has 2 aromatic carbocycles. The Morgan fingerprint density at radius 3 is 2.55 bits per heavy atom. The van der Waals surface area contributed by atoms with Crippen LogP contribution in [0.5, 0.6) is 5.75 Å². The summed E-state index contributed by atoms with van der Waals surface area (Å²) in [6, 6.07) is 15.9. The number of rotatable bonds is 5. The number of halogens is 1. The van der Waals surface area contributed by atoms with Gasteiger partial charge in [-0.25, -0.2) is 4.39 Å². The zero-order chi connectivity index (χ0) is 20.2. The Bertz CT molecular complexity index is 1160. The smallest absolute Gasteiger partial charge is 0.305 e. The van der Waals surface area contributed by atoms with E-state index >= 15 is 0 Å². The van der Waals surface area contributed by atoms with Crippen molar-refractivity contribution in [1.82, 2.24) is 15.8 Å². The number of benzene rings is 2. The zero-order valence-electron chi connectivity index (χ0n) is 15.1. The molecule has 0 aliphatic heterocycles. The molecule has 0 saturated carbocycles. The highest BCUT2D eigenvalue weighted by Gasteiger charge is 2.15. The van der Waals surface area contributed by atoms with E-state index in [2.05, 4.69) is 15.8 Å². The number of amides is 2. The average Bonchev–Trinajstić information content (AvgIpc) is 3.38. The highest BCUT2D eigenvalue weighted by atomic mass is 19.1. The predicted molar refractivity (Wildman–Crippen MR) is 103 cm³/mol. The molecule has 0 radical (unpaired) electrons. The fourth-order valence-corrected chi connectivity index (χ4v) is 2.76. The number of ether oxygens (including phenoxy) is 1. The molecule has 2 aromatic heterocycles. The summed E-state index contributed by atoms with van der Waals surface area (Å²) >= 11 is 0. The van der Waals surface area contributed by atoms with Gasteiger partial charge in [0, 0.05) is 17.1 Å². The third-order valence-corrected chi connectivity index (χ3v) is 4.20. The summed E-state index contributed by atoms with van der Waals surface area (Å²) in [7, 11) is 0. The molecule has 0 spiro atoms. The summed E-state index contributed by atoms with van der Waals surface area (Å²) in [4.78, 5) is 27.5. The van der Waals surface area contributed by atoms with E-state index in [9.17, 15) is 14.0 Å². The van der Waals surface area contributed by atoms with Gasteiger partial charge in [-0.1, -0.05) is 18.2 Å². The lowest BCUT2D eigenvalue weighted by Gasteiger charge is -2.05. The van der Waals surface area contributed by atoms with Gasteiger partial charge in [0.15, 0.2) is 5.76 Å². The van der Waals surface area contributed by atoms with Gasteiger partial charge in [0.2, 0.25) is 0 Å². The summed E-state index contributed by atoms with van der Waals surface area (Å²) < 4.78 is 23.8. The van der Waals surface area contributed by atoms with Crippen LogP contribution in [0, 0.1) is 5.82 Å². The van der Waals surface area contributed by atoms with Crippen molar-refractivity contribution >= 4 is 22.7 Å². The second-order valence-electron chi connectivity index (χ2n) is 6.16. The molecule has 2 amide bonds. The van der Waals surface area contributed by atoms with Crippen molar-refractivity contribution < 1.29 is 23.1 Å². The number of hydrogen-bond donors (Lipinski definition) is 3. The molecule has 0 unspecified atom stereocenters. The van der Waals surface area contributed by atoms with Gasteiger partial charge in [-0.3, -0.25) is 20.4 Å². The Balaban J connectivity index is 1.33. The van der Waals surface area contributed by atoms with E-state index in [0.717, 1.165) is 10.9 Å². The second kappa shape index (κ2) is 7.89. The van der Waals surface area contributed by atoms with Gasteiger partial charge in [0.05, 0.1) is 5.56 Å². The molecule has 0 fully saturated rings. The van der Waals surface area contributed by atoms with Crippen LogP contribution in [0.2, 0.25) is 0 Å². The van der Waals surface area contributed by atoms with Crippen LogP contribution in [0.1, 0.15) is 26.7 Å². The van der Waals surface area contributed by atoms with Crippen LogP contribution in [-0.4, -0.2) is 16.8 Å². The number of H-pyrrole nitrogens is 1. The Labute approximate surface area is 164 Å². The number of aromatic nitrogens is 1. The quantitative estimate of drug-likeness (QED) is 0.452. The van der Waals surface area contributed by atoms with Crippen LogP contribution in [0.3, 0.4) is 0 Å². The maximum atomic E-state index is 12.9. The van der Waals surface area contributed by atoms with E-state index in [1.807, 2.05) is 24.3 Å². The molecule has 8 heteroatoms. The van der Waals surface area contributed by atoms with E-state index in [1.165, 1.54) is 30.3 Å². The molecule has 3 N–H and O–H groups in total. The first kappa shape index (κ1) is 18.3. The Kier molecular flexibility index (Phi) is 4.98. The maximum absolute atomic E-state index is 12.9. The molecule has 0 bridgehead atoms. The minimum Gasteiger partial charge on any atom is -0.486 e. The van der Waals surface area contributed by atoms with Crippen LogP contribution >= 0.6 is 0 Å². The fourth-order valence-electron chi connectivity index (χ4n) is 2.76. The topological polar surface area (TPSA) is 96.4 Å². The molecule has 4 rings (SSSR count). The molecule has 146 valence electrons. The van der Waals surface area contributed by atoms with Crippen molar-refractivity contribution in [3.63, 3.8) is 0 Å². The van der Waals surface area contributed by atoms with Gasteiger partial charge < -0.3 is 14.1 Å². The fraction of sp³-hybridized carbons (Fsp3) is 0.0476. The number of para-hydroxylation sites is 1. The lowest BCUT2D eigenvalue weighted by Crippen LogP contribution is -2.41. The Morgan fingerprint density at radius 2 is 1.72 bits per heavy atom. The molecule has 4 aromatic rings. The number of hydrazine groups is 1. The highest BCUT2D eigenvalue weighted by molar-refractivity contribution is 6.07. The van der Waals surface area contributed by atoms with Crippen LogP contribution in [-0.2, 0) is 6.61 Å². The van der Waals surface area contributed by atoms with Gasteiger partial charge in [-0.2, -0.15) is 0 Å². The largest absolute Gasteiger partial charge is 0.486 e. The van der Waals surface area contributed by atoms with Crippen LogP contribution < -0.4 is 15.6 Å². The zero-order valence-corrected chi connectivity index (χ0v) is 15.1. The van der Waals surface area contributed by atoms with Crippen molar-refractivity contribution in [1.29, 1.82) is 0 Å². The standard InChI is InChI=1S/C21H16FN3O4/c22-13-5-7-14(8-6-13)28-12-15-9-10-19(29-15)21(27)25-24-20(26)17-11-23-18-4-2-1-3-16(17)18/h1-11,23H,12H2,(H,24,26)(H,25,27). The minimum atomic E-state index is -0.605. The van der Waals surface area contributed by atoms with E-state index in [0.29, 0.717) is 17.1 Å². The molecule has 2 heterocycles. The van der Waals surface area contributed by atoms with Crippen LogP contribution in [0.25, 0.3) is 10.9 Å². The van der Waals surface area contributed by atoms with E-state index in [1.54, 1.807) is 12.3 Å². The summed E-state index contributed by atoms with van der Waals surface area (Å²) in [6.07, 6.45) is 1.57. The number of furan rings is 1. The number of carbonyl (C=O) groups is 2. The molecular weight excluding hydrogens is 377 g/mol.